The average Bonchev–Trinajstić information content (AvgIpc) is 2.34. The van der Waals surface area contributed by atoms with Crippen LogP contribution in [0.4, 0.5) is 0 Å². The zero-order valence-electron chi connectivity index (χ0n) is 14.5. The molecule has 0 aromatic rings. The summed E-state index contributed by atoms with van der Waals surface area (Å²) in [6.45, 7) is 3.44. The molecule has 0 spiro atoms. The van der Waals surface area contributed by atoms with Gasteiger partial charge in [-0.3, -0.25) is 4.59 Å². The molecule has 0 aliphatic heterocycles. The molecule has 0 unspecified atom stereocenters. The highest BCUT2D eigenvalue weighted by Gasteiger charge is 2.03. The van der Waals surface area contributed by atoms with Crippen LogP contribution in [0.25, 0.3) is 0 Å². The highest BCUT2D eigenvalue weighted by Crippen LogP contribution is 2.11. The van der Waals surface area contributed by atoms with Gasteiger partial charge in [0, 0.05) is 6.54 Å². The lowest BCUT2D eigenvalue weighted by atomic mass is 10.1. The van der Waals surface area contributed by atoms with E-state index in [2.05, 4.69) is 33.5 Å². The summed E-state index contributed by atoms with van der Waals surface area (Å²) in [4.78, 5) is 0. The third kappa shape index (κ3) is 20.5. The third-order valence-corrected chi connectivity index (χ3v) is 3.62. The molecule has 0 radical (unpaired) electrons. The Labute approximate surface area is 134 Å². The van der Waals surface area contributed by atoms with Crippen molar-refractivity contribution in [3.05, 3.63) is 0 Å². The molecule has 0 fully saturated rings. The molecule has 2 nitrogen and oxygen atoms in total. The molecule has 0 aliphatic carbocycles. The first-order valence-corrected chi connectivity index (χ1v) is 8.63. The second-order valence-electron chi connectivity index (χ2n) is 6.81. The Morgan fingerprint density at radius 3 is 1.30 bits per heavy atom. The van der Waals surface area contributed by atoms with Crippen molar-refractivity contribution < 1.29 is 4.59 Å². The SMILES string of the molecule is CCCCCCCCCCCCCCN[N+](C)(C)C.Cl. The van der Waals surface area contributed by atoms with E-state index in [9.17, 15) is 0 Å². The molecular formula is C17H40ClN2+. The van der Waals surface area contributed by atoms with Crippen LogP contribution < -0.4 is 5.43 Å². The van der Waals surface area contributed by atoms with Crippen molar-refractivity contribution in [1.29, 1.82) is 0 Å². The number of halogens is 1. The summed E-state index contributed by atoms with van der Waals surface area (Å²) in [5, 5.41) is 0. The fraction of sp³-hybridized carbons (Fsp3) is 1.00. The van der Waals surface area contributed by atoms with E-state index < -0.39 is 0 Å². The van der Waals surface area contributed by atoms with E-state index in [1.54, 1.807) is 0 Å². The molecule has 0 bridgehead atoms. The lowest BCUT2D eigenvalue weighted by Crippen LogP contribution is -2.48. The highest BCUT2D eigenvalue weighted by atomic mass is 35.5. The molecular weight excluding hydrogens is 268 g/mol. The van der Waals surface area contributed by atoms with E-state index in [0.29, 0.717) is 0 Å². The Morgan fingerprint density at radius 2 is 0.950 bits per heavy atom. The van der Waals surface area contributed by atoms with Gasteiger partial charge >= 0.3 is 0 Å². The molecule has 1 N–H and O–H groups in total. The maximum Gasteiger partial charge on any atom is 0.0853 e. The summed E-state index contributed by atoms with van der Waals surface area (Å²) in [5.74, 6) is 0. The van der Waals surface area contributed by atoms with Gasteiger partial charge in [-0.2, -0.15) is 5.43 Å². The topological polar surface area (TPSA) is 12.0 Å². The molecule has 0 amide bonds. The summed E-state index contributed by atoms with van der Waals surface area (Å²) in [7, 11) is 6.54. The first-order valence-electron chi connectivity index (χ1n) is 8.63. The number of nitrogens with zero attached hydrogens (tertiary/aromatic N) is 1. The minimum absolute atomic E-state index is 0. The molecule has 0 atom stereocenters. The lowest BCUT2D eigenvalue weighted by molar-refractivity contribution is -0.915. The highest BCUT2D eigenvalue weighted by molar-refractivity contribution is 5.85. The quantitative estimate of drug-likeness (QED) is 0.260. The average molecular weight is 308 g/mol. The van der Waals surface area contributed by atoms with Gasteiger partial charge in [0.15, 0.2) is 0 Å². The van der Waals surface area contributed by atoms with Gasteiger partial charge in [-0.1, -0.05) is 77.6 Å². The Balaban J connectivity index is 0. The number of hydrogen-bond acceptors (Lipinski definition) is 1. The fourth-order valence-corrected chi connectivity index (χ4v) is 2.38. The lowest BCUT2D eigenvalue weighted by Gasteiger charge is -2.23. The standard InChI is InChI=1S/C17H39N2.ClH/c1-5-6-7-8-9-10-11-12-13-14-15-16-17-18-19(2,3)4;/h18H,5-17H2,1-4H3;1H/q+1;. The predicted molar refractivity (Wildman–Crippen MR) is 94.4 cm³/mol. The second kappa shape index (κ2) is 15.6. The Morgan fingerprint density at radius 1 is 0.600 bits per heavy atom. The first-order chi connectivity index (χ1) is 9.06. The van der Waals surface area contributed by atoms with Gasteiger partial charge in [-0.15, -0.1) is 12.4 Å². The number of unbranched alkanes of at least 4 members (excludes halogenated alkanes) is 11. The van der Waals surface area contributed by atoms with Crippen LogP contribution in [0, 0.1) is 0 Å². The molecule has 0 rings (SSSR count). The second-order valence-corrected chi connectivity index (χ2v) is 6.81. The zero-order valence-corrected chi connectivity index (χ0v) is 15.4. The summed E-state index contributed by atoms with van der Waals surface area (Å²) in [6, 6.07) is 0. The number of nitrogens with one attached hydrogen (secondary N) is 1. The predicted octanol–water partition coefficient (Wildman–Crippen LogP) is 5.32. The van der Waals surface area contributed by atoms with Gasteiger partial charge in [0.1, 0.15) is 0 Å². The maximum atomic E-state index is 3.49. The van der Waals surface area contributed by atoms with Crippen LogP contribution in [0.15, 0.2) is 0 Å². The third-order valence-electron chi connectivity index (χ3n) is 3.62. The summed E-state index contributed by atoms with van der Waals surface area (Å²) in [5.41, 5.74) is 3.49. The van der Waals surface area contributed by atoms with Crippen molar-refractivity contribution in [3.63, 3.8) is 0 Å². The normalized spacial score (nSPS) is 11.4. The van der Waals surface area contributed by atoms with Crippen molar-refractivity contribution in [2.45, 2.75) is 84.0 Å². The Bertz CT molecular complexity index is 178. The van der Waals surface area contributed by atoms with Gasteiger partial charge in [-0.05, 0) is 6.42 Å². The number of quaternary nitrogens is 1. The molecule has 0 aromatic heterocycles. The van der Waals surface area contributed by atoms with Gasteiger partial charge in [0.2, 0.25) is 0 Å². The van der Waals surface area contributed by atoms with Gasteiger partial charge in [0.25, 0.3) is 0 Å². The monoisotopic (exact) mass is 307 g/mol. The summed E-state index contributed by atoms with van der Waals surface area (Å²) in [6.07, 6.45) is 17.1. The molecule has 0 saturated carbocycles. The fourth-order valence-electron chi connectivity index (χ4n) is 2.38. The number of hydrogen-bond donors (Lipinski definition) is 1. The van der Waals surface area contributed by atoms with Crippen LogP contribution >= 0.6 is 12.4 Å². The smallest absolute Gasteiger partial charge is 0.0853 e. The van der Waals surface area contributed by atoms with Crippen LogP contribution in [-0.2, 0) is 0 Å². The minimum Gasteiger partial charge on any atom is -0.253 e. The first kappa shape index (κ1) is 22.5. The van der Waals surface area contributed by atoms with E-state index in [1.807, 2.05) is 0 Å². The Hall–Kier alpha value is 0.210. The zero-order chi connectivity index (χ0) is 14.4. The van der Waals surface area contributed by atoms with Crippen molar-refractivity contribution in [2.75, 3.05) is 27.7 Å². The molecule has 124 valence electrons. The van der Waals surface area contributed by atoms with E-state index >= 15 is 0 Å². The van der Waals surface area contributed by atoms with Crippen LogP contribution in [0.1, 0.15) is 84.0 Å². The Kier molecular flexibility index (Phi) is 17.5. The molecule has 0 heterocycles. The van der Waals surface area contributed by atoms with Gasteiger partial charge in [0.05, 0.1) is 21.1 Å². The van der Waals surface area contributed by atoms with Crippen LogP contribution in [0.5, 0.6) is 0 Å². The van der Waals surface area contributed by atoms with E-state index in [0.717, 1.165) is 11.1 Å². The largest absolute Gasteiger partial charge is 0.253 e. The van der Waals surface area contributed by atoms with Crippen molar-refractivity contribution in [3.8, 4) is 0 Å². The van der Waals surface area contributed by atoms with Gasteiger partial charge < -0.3 is 0 Å². The maximum absolute atomic E-state index is 3.49. The molecule has 3 heteroatoms. The van der Waals surface area contributed by atoms with Gasteiger partial charge in [-0.25, -0.2) is 0 Å². The van der Waals surface area contributed by atoms with Crippen molar-refractivity contribution in [2.24, 2.45) is 0 Å². The summed E-state index contributed by atoms with van der Waals surface area (Å²) < 4.78 is 0.873. The van der Waals surface area contributed by atoms with Crippen LogP contribution in [0.3, 0.4) is 0 Å². The van der Waals surface area contributed by atoms with E-state index in [-0.39, 0.29) is 12.4 Å². The van der Waals surface area contributed by atoms with Crippen LogP contribution in [-0.4, -0.2) is 32.3 Å². The van der Waals surface area contributed by atoms with Crippen molar-refractivity contribution >= 4 is 12.4 Å². The molecule has 0 saturated heterocycles. The van der Waals surface area contributed by atoms with E-state index in [1.165, 1.54) is 77.0 Å². The summed E-state index contributed by atoms with van der Waals surface area (Å²) >= 11 is 0. The van der Waals surface area contributed by atoms with Crippen LogP contribution in [0.2, 0.25) is 0 Å². The minimum atomic E-state index is 0. The van der Waals surface area contributed by atoms with E-state index in [4.69, 9.17) is 0 Å². The molecule has 20 heavy (non-hydrogen) atoms. The number of rotatable bonds is 14. The van der Waals surface area contributed by atoms with Crippen molar-refractivity contribution in [1.82, 2.24) is 5.43 Å². The molecule has 0 aromatic carbocycles. The molecule has 0 aliphatic rings.